The van der Waals surface area contributed by atoms with E-state index < -0.39 is 268 Å². The molecule has 47 heavy (non-hydrogen) atoms. The Morgan fingerprint density at radius 1 is 0.319 bits per heavy atom. The Morgan fingerprint density at radius 2 is 0.830 bits per heavy atom. The summed E-state index contributed by atoms with van der Waals surface area (Å²) in [5.74, 6) is 0. The summed E-state index contributed by atoms with van der Waals surface area (Å²) in [4.78, 5) is 0. The lowest BCUT2D eigenvalue weighted by atomic mass is 9.84. The molecule has 0 amide bonds. The molecule has 1 heterocycles. The number of hydrogen-bond acceptors (Lipinski definition) is 1. The lowest BCUT2D eigenvalue weighted by Crippen LogP contribution is -1.91. The second-order valence-electron chi connectivity index (χ2n) is 10.3. The van der Waals surface area contributed by atoms with Crippen LogP contribution in [0.3, 0.4) is 0 Å². The average molecular weight is 625 g/mol. The maximum absolute atomic E-state index is 9.60. The van der Waals surface area contributed by atoms with Crippen LogP contribution >= 0.6 is 0 Å². The van der Waals surface area contributed by atoms with Crippen molar-refractivity contribution < 1.29 is 42.8 Å². The van der Waals surface area contributed by atoms with Gasteiger partial charge in [0.25, 0.3) is 0 Å². The topological polar surface area (TPSA) is 13.1 Å². The Morgan fingerprint density at radius 3 is 1.53 bits per heavy atom. The first kappa shape index (κ1) is 10.7. The lowest BCUT2D eigenvalue weighted by molar-refractivity contribution is 0.669. The van der Waals surface area contributed by atoms with Crippen LogP contribution in [0.25, 0.3) is 98.4 Å². The van der Waals surface area contributed by atoms with Gasteiger partial charge >= 0.3 is 0 Å². The lowest BCUT2D eigenvalue weighted by Gasteiger charge is -2.19. The number of fused-ring (bicyclic) bond motifs is 7. The van der Waals surface area contributed by atoms with Crippen LogP contribution < -0.4 is 0 Å². The van der Waals surface area contributed by atoms with Gasteiger partial charge in [0.1, 0.15) is 11.2 Å². The molecule has 0 radical (unpaired) electrons. The van der Waals surface area contributed by atoms with Crippen molar-refractivity contribution in [3.63, 3.8) is 0 Å². The molecule has 0 spiro atoms. The largest absolute Gasteiger partial charge is 0.456 e. The summed E-state index contributed by atoms with van der Waals surface area (Å²) < 4.78 is 257. The van der Waals surface area contributed by atoms with E-state index in [0.717, 1.165) is 0 Å². The molecule has 1 nitrogen and oxygen atoms in total. The van der Waals surface area contributed by atoms with E-state index in [4.69, 9.17) is 29.1 Å². The van der Waals surface area contributed by atoms with Crippen molar-refractivity contribution in [2.75, 3.05) is 0 Å². The van der Waals surface area contributed by atoms with Gasteiger partial charge < -0.3 is 4.42 Å². The van der Waals surface area contributed by atoms with Crippen LogP contribution in [0.15, 0.2) is 174 Å². The molecule has 0 saturated heterocycles. The molecule has 10 aromatic rings. The van der Waals surface area contributed by atoms with Crippen LogP contribution in [-0.2, 0) is 0 Å². The summed E-state index contributed by atoms with van der Waals surface area (Å²) in [5, 5.41) is -6.01. The maximum Gasteiger partial charge on any atom is 0.136 e. The minimum absolute atomic E-state index is 0.422. The third-order valence-corrected chi connectivity index (χ3v) is 7.70. The standard InChI is InChI=1S/C46H28O/c1-2-12-33-28-44-42(26-32(33)11-1)41-27-34(24-25-43(41)47-44)29-20-22-31(23-21-29)45-37-15-5-7-17-39(37)46(40-18-8-6-16-38(40)45)36-19-9-13-30-10-3-4-14-35(30)36/h1-28H/i1D,2D,3D,4D,5D,6D,7D,8D,9D,10D,11D,12D,13D,14D,15D,16D,17D,18D,19D,20D,21D,22D,23D,24D,25D,26D,27D,28D. The van der Waals surface area contributed by atoms with Crippen molar-refractivity contribution in [3.05, 3.63) is 169 Å². The number of rotatable bonds is 3. The van der Waals surface area contributed by atoms with Gasteiger partial charge in [-0.3, -0.25) is 0 Å². The smallest absolute Gasteiger partial charge is 0.136 e. The van der Waals surface area contributed by atoms with Crippen LogP contribution in [0, 0.1) is 0 Å². The fraction of sp³-hybridized carbons (Fsp3) is 0. The van der Waals surface area contributed by atoms with Crippen LogP contribution in [-0.4, -0.2) is 0 Å². The Hall–Kier alpha value is -6.18. The van der Waals surface area contributed by atoms with E-state index in [1.807, 2.05) is 0 Å². The van der Waals surface area contributed by atoms with Crippen LogP contribution in [0.1, 0.15) is 38.4 Å². The van der Waals surface area contributed by atoms with Gasteiger partial charge in [-0.15, -0.1) is 0 Å². The zero-order valence-electron chi connectivity index (χ0n) is 51.4. The van der Waals surface area contributed by atoms with Crippen molar-refractivity contribution >= 4 is 65.0 Å². The quantitative estimate of drug-likeness (QED) is 0.178. The molecule has 0 saturated carbocycles. The number of hydrogen-bond donors (Lipinski definition) is 0. The van der Waals surface area contributed by atoms with Gasteiger partial charge in [0.15, 0.2) is 0 Å². The molecule has 0 fully saturated rings. The summed E-state index contributed by atoms with van der Waals surface area (Å²) in [7, 11) is 0. The predicted octanol–water partition coefficient (Wildman–Crippen LogP) is 13.2. The van der Waals surface area contributed by atoms with Gasteiger partial charge in [0.05, 0.1) is 38.4 Å². The van der Waals surface area contributed by atoms with E-state index >= 15 is 0 Å². The molecule has 10 rings (SSSR count). The Labute approximate surface area is 311 Å². The van der Waals surface area contributed by atoms with E-state index in [2.05, 4.69) is 0 Å². The summed E-state index contributed by atoms with van der Waals surface area (Å²) in [6.07, 6.45) is 0. The van der Waals surface area contributed by atoms with E-state index in [0.29, 0.717) is 0 Å². The molecule has 1 aromatic heterocycles. The third kappa shape index (κ3) is 4.03. The molecule has 9 aromatic carbocycles. The molecule has 0 atom stereocenters. The highest BCUT2D eigenvalue weighted by Crippen LogP contribution is 2.45. The molecule has 0 aliphatic carbocycles. The van der Waals surface area contributed by atoms with E-state index in [-0.39, 0.29) is 0 Å². The first-order chi connectivity index (χ1) is 35.0. The normalized spacial score (nSPS) is 20.2. The molecular formula is C46H28O. The molecule has 0 bridgehead atoms. The summed E-state index contributed by atoms with van der Waals surface area (Å²) in [6, 6.07) is -25.5. The summed E-state index contributed by atoms with van der Waals surface area (Å²) in [5.41, 5.74) is -5.74. The molecule has 218 valence electrons. The maximum atomic E-state index is 9.60. The average Bonchev–Trinajstić information content (AvgIpc) is 3.80. The van der Waals surface area contributed by atoms with Crippen LogP contribution in [0.5, 0.6) is 0 Å². The van der Waals surface area contributed by atoms with E-state index in [1.54, 1.807) is 0 Å². The van der Waals surface area contributed by atoms with E-state index in [1.165, 1.54) is 0 Å². The van der Waals surface area contributed by atoms with Crippen molar-refractivity contribution in [3.8, 4) is 33.4 Å². The molecule has 1 heteroatoms. The van der Waals surface area contributed by atoms with Crippen molar-refractivity contribution in [2.24, 2.45) is 0 Å². The highest BCUT2D eigenvalue weighted by molar-refractivity contribution is 6.23. The molecule has 0 aliphatic heterocycles. The van der Waals surface area contributed by atoms with Crippen molar-refractivity contribution in [2.45, 2.75) is 0 Å². The first-order valence-electron chi connectivity index (χ1n) is 27.9. The SMILES string of the molecule is [2H]c1c([2H])c(-c2c3c([2H])c([2H])c([2H])c([2H])c3c(-c3c([2H])c([2H])c([2H])c4c([2H])c([2H])c([2H])c([2H])c34)c3c([2H])c([2H])c([2H])c([2H])c23)c([2H])c([2H])c1-c1c([2H])c([2H])c2oc3c([2H])c4c([2H])c([2H])c([2H])c([2H])c4c([2H])c3c2c1[2H]. The molecular weight excluding hydrogens is 569 g/mol. The van der Waals surface area contributed by atoms with E-state index in [9.17, 15) is 13.7 Å². The predicted molar refractivity (Wildman–Crippen MR) is 200 cm³/mol. The Bertz CT molecular complexity index is 4330. The van der Waals surface area contributed by atoms with Gasteiger partial charge in [-0.2, -0.15) is 0 Å². The van der Waals surface area contributed by atoms with Crippen LogP contribution in [0.4, 0.5) is 0 Å². The Kier molecular flexibility index (Phi) is 2.31. The van der Waals surface area contributed by atoms with Crippen molar-refractivity contribution in [1.82, 2.24) is 0 Å². The second-order valence-corrected chi connectivity index (χ2v) is 10.3. The van der Waals surface area contributed by atoms with Gasteiger partial charge in [-0.05, 0) is 101 Å². The molecule has 0 aliphatic rings. The number of furan rings is 1. The minimum Gasteiger partial charge on any atom is -0.456 e. The van der Waals surface area contributed by atoms with Gasteiger partial charge in [0, 0.05) is 10.8 Å². The monoisotopic (exact) mass is 624 g/mol. The first-order valence-corrected chi connectivity index (χ1v) is 13.9. The second kappa shape index (κ2) is 10.2. The summed E-state index contributed by atoms with van der Waals surface area (Å²) in [6.45, 7) is 0. The van der Waals surface area contributed by atoms with Gasteiger partial charge in [-0.1, -0.05) is 145 Å². The van der Waals surface area contributed by atoms with Crippen molar-refractivity contribution in [1.29, 1.82) is 0 Å². The fourth-order valence-corrected chi connectivity index (χ4v) is 5.67. The highest BCUT2D eigenvalue weighted by Gasteiger charge is 2.18. The van der Waals surface area contributed by atoms with Crippen LogP contribution in [0.2, 0.25) is 0 Å². The minimum atomic E-state index is -1.10. The zero-order chi connectivity index (χ0) is 55.3. The highest BCUT2D eigenvalue weighted by atomic mass is 16.3. The Balaban J connectivity index is 1.42. The van der Waals surface area contributed by atoms with Gasteiger partial charge in [-0.25, -0.2) is 0 Å². The molecule has 0 unspecified atom stereocenters. The van der Waals surface area contributed by atoms with Gasteiger partial charge in [0.2, 0.25) is 0 Å². The molecule has 0 N–H and O–H groups in total. The summed E-state index contributed by atoms with van der Waals surface area (Å²) >= 11 is 0. The zero-order valence-corrected chi connectivity index (χ0v) is 23.4. The fourth-order valence-electron chi connectivity index (χ4n) is 5.67. The third-order valence-electron chi connectivity index (χ3n) is 7.70. The number of benzene rings is 9.